The molecule has 1 saturated heterocycles. The zero-order valence-corrected chi connectivity index (χ0v) is 17.1. The Labute approximate surface area is 169 Å². The van der Waals surface area contributed by atoms with Gasteiger partial charge in [-0.1, -0.05) is 44.2 Å². The van der Waals surface area contributed by atoms with Crippen molar-refractivity contribution in [3.05, 3.63) is 22.8 Å². The van der Waals surface area contributed by atoms with Crippen LogP contribution in [-0.4, -0.2) is 48.1 Å². The summed E-state index contributed by atoms with van der Waals surface area (Å²) in [6, 6.07) is 0.908. The highest BCUT2D eigenvalue weighted by Crippen LogP contribution is 2.33. The van der Waals surface area contributed by atoms with Crippen molar-refractivity contribution in [3.8, 4) is 0 Å². The van der Waals surface area contributed by atoms with Crippen LogP contribution >= 0.6 is 11.6 Å². The maximum Gasteiger partial charge on any atom is 0.417 e. The van der Waals surface area contributed by atoms with E-state index in [9.17, 15) is 18.0 Å². The van der Waals surface area contributed by atoms with Crippen LogP contribution in [0.3, 0.4) is 0 Å². The number of aromatic nitrogens is 1. The molecule has 1 N–H and O–H groups in total. The van der Waals surface area contributed by atoms with Gasteiger partial charge in [0.05, 0.1) is 10.6 Å². The maximum atomic E-state index is 12.7. The van der Waals surface area contributed by atoms with Gasteiger partial charge in [-0.25, -0.2) is 9.78 Å². The van der Waals surface area contributed by atoms with E-state index in [1.807, 2.05) is 6.92 Å². The summed E-state index contributed by atoms with van der Waals surface area (Å²) in [6.07, 6.45) is 1.94. The van der Waals surface area contributed by atoms with Crippen molar-refractivity contribution in [2.75, 3.05) is 31.1 Å². The van der Waals surface area contributed by atoms with E-state index in [2.05, 4.69) is 17.2 Å². The molecule has 2 amide bonds. The Morgan fingerprint density at radius 1 is 1.25 bits per heavy atom. The van der Waals surface area contributed by atoms with Gasteiger partial charge in [0.15, 0.2) is 0 Å². The van der Waals surface area contributed by atoms with E-state index >= 15 is 0 Å². The number of nitrogens with zero attached hydrogens (tertiary/aromatic N) is 3. The van der Waals surface area contributed by atoms with Gasteiger partial charge in [-0.15, -0.1) is 0 Å². The number of carbonyl (C=O) groups is 1. The van der Waals surface area contributed by atoms with E-state index in [0.717, 1.165) is 25.1 Å². The molecular weight excluding hydrogens is 393 g/mol. The smallest absolute Gasteiger partial charge is 0.352 e. The van der Waals surface area contributed by atoms with Crippen LogP contribution in [0.2, 0.25) is 5.02 Å². The van der Waals surface area contributed by atoms with Crippen molar-refractivity contribution in [1.82, 2.24) is 15.2 Å². The van der Waals surface area contributed by atoms with E-state index in [0.29, 0.717) is 32.0 Å². The second-order valence-electron chi connectivity index (χ2n) is 7.20. The molecule has 28 heavy (non-hydrogen) atoms. The lowest BCUT2D eigenvalue weighted by Crippen LogP contribution is -2.53. The zero-order valence-electron chi connectivity index (χ0n) is 16.4. The molecule has 0 radical (unpaired) electrons. The second kappa shape index (κ2) is 10.2. The molecule has 0 saturated carbocycles. The van der Waals surface area contributed by atoms with Gasteiger partial charge in [-0.2, -0.15) is 13.2 Å². The third-order valence-corrected chi connectivity index (χ3v) is 5.15. The number of unbranched alkanes of at least 4 members (excludes halogenated alkanes) is 3. The Balaban J connectivity index is 1.83. The summed E-state index contributed by atoms with van der Waals surface area (Å²) >= 11 is 6.01. The average molecular weight is 421 g/mol. The predicted molar refractivity (Wildman–Crippen MR) is 105 cm³/mol. The minimum Gasteiger partial charge on any atom is -0.352 e. The van der Waals surface area contributed by atoms with Gasteiger partial charge in [0.2, 0.25) is 0 Å². The number of nitrogens with one attached hydrogen (secondary N) is 1. The number of urea groups is 1. The normalized spacial score (nSPS) is 16.2. The van der Waals surface area contributed by atoms with Crippen molar-refractivity contribution >= 4 is 23.4 Å². The van der Waals surface area contributed by atoms with Crippen LogP contribution in [0.15, 0.2) is 12.3 Å². The number of pyridine rings is 1. The molecule has 1 aliphatic rings. The Kier molecular flexibility index (Phi) is 8.22. The number of amides is 2. The topological polar surface area (TPSA) is 48.5 Å². The van der Waals surface area contributed by atoms with Crippen LogP contribution < -0.4 is 10.2 Å². The van der Waals surface area contributed by atoms with Gasteiger partial charge in [0, 0.05) is 38.4 Å². The van der Waals surface area contributed by atoms with Crippen molar-refractivity contribution in [2.24, 2.45) is 0 Å². The van der Waals surface area contributed by atoms with E-state index < -0.39 is 11.7 Å². The van der Waals surface area contributed by atoms with Gasteiger partial charge in [-0.3, -0.25) is 0 Å². The lowest BCUT2D eigenvalue weighted by Gasteiger charge is -2.36. The summed E-state index contributed by atoms with van der Waals surface area (Å²) in [6.45, 7) is 6.04. The van der Waals surface area contributed by atoms with Crippen molar-refractivity contribution in [2.45, 2.75) is 58.2 Å². The molecule has 0 aliphatic carbocycles. The van der Waals surface area contributed by atoms with Crippen molar-refractivity contribution in [1.29, 1.82) is 0 Å². The molecular formula is C19H28ClF3N4O. The quantitative estimate of drug-likeness (QED) is 0.635. The largest absolute Gasteiger partial charge is 0.417 e. The third-order valence-electron chi connectivity index (χ3n) is 4.88. The van der Waals surface area contributed by atoms with Crippen LogP contribution in [0.4, 0.5) is 23.8 Å². The summed E-state index contributed by atoms with van der Waals surface area (Å²) in [5.74, 6) is 0.319. The van der Waals surface area contributed by atoms with E-state index in [4.69, 9.17) is 11.6 Å². The van der Waals surface area contributed by atoms with E-state index in [1.54, 1.807) is 9.80 Å². The summed E-state index contributed by atoms with van der Waals surface area (Å²) < 4.78 is 38.2. The molecule has 0 aromatic carbocycles. The molecule has 2 rings (SSSR count). The minimum absolute atomic E-state index is 0.0339. The van der Waals surface area contributed by atoms with Crippen LogP contribution in [0.5, 0.6) is 0 Å². The SMILES string of the molecule is CCCCCCC(C)NC(=O)N1CCN(c2ncc(C(F)(F)F)cc2Cl)CC1. The first-order chi connectivity index (χ1) is 13.2. The fourth-order valence-corrected chi connectivity index (χ4v) is 3.48. The molecule has 1 fully saturated rings. The highest BCUT2D eigenvalue weighted by molar-refractivity contribution is 6.33. The monoisotopic (exact) mass is 420 g/mol. The Morgan fingerprint density at radius 2 is 1.93 bits per heavy atom. The number of alkyl halides is 3. The van der Waals surface area contributed by atoms with Crippen LogP contribution in [0.1, 0.15) is 51.5 Å². The van der Waals surface area contributed by atoms with Crippen LogP contribution in [0, 0.1) is 0 Å². The molecule has 1 aromatic heterocycles. The first-order valence-corrected chi connectivity index (χ1v) is 10.1. The number of piperazine rings is 1. The van der Waals surface area contributed by atoms with Crippen molar-refractivity contribution < 1.29 is 18.0 Å². The number of rotatable bonds is 7. The number of anilines is 1. The highest BCUT2D eigenvalue weighted by Gasteiger charge is 2.32. The summed E-state index contributed by atoms with van der Waals surface area (Å²) in [4.78, 5) is 19.8. The summed E-state index contributed by atoms with van der Waals surface area (Å²) in [5.41, 5.74) is -0.868. The molecule has 1 unspecified atom stereocenters. The van der Waals surface area contributed by atoms with E-state index in [1.165, 1.54) is 19.3 Å². The Morgan fingerprint density at radius 3 is 2.50 bits per heavy atom. The molecule has 9 heteroatoms. The zero-order chi connectivity index (χ0) is 20.7. The number of halogens is 4. The molecule has 5 nitrogen and oxygen atoms in total. The molecule has 1 aliphatic heterocycles. The first kappa shape index (κ1) is 22.6. The number of hydrogen-bond acceptors (Lipinski definition) is 3. The fraction of sp³-hybridized carbons (Fsp3) is 0.684. The average Bonchev–Trinajstić information content (AvgIpc) is 2.64. The minimum atomic E-state index is -4.47. The lowest BCUT2D eigenvalue weighted by molar-refractivity contribution is -0.137. The van der Waals surface area contributed by atoms with Crippen molar-refractivity contribution in [3.63, 3.8) is 0 Å². The predicted octanol–water partition coefficient (Wildman–Crippen LogP) is 4.94. The standard InChI is InChI=1S/C19H28ClF3N4O/c1-3-4-5-6-7-14(2)25-18(28)27-10-8-26(9-11-27)17-16(20)12-15(13-24-17)19(21,22)23/h12-14H,3-11H2,1-2H3,(H,25,28). The Bertz CT molecular complexity index is 649. The van der Waals surface area contributed by atoms with Gasteiger partial charge < -0.3 is 15.1 Å². The summed E-state index contributed by atoms with van der Waals surface area (Å²) in [7, 11) is 0. The molecule has 1 aromatic rings. The van der Waals surface area contributed by atoms with Gasteiger partial charge >= 0.3 is 12.2 Å². The molecule has 158 valence electrons. The lowest BCUT2D eigenvalue weighted by atomic mass is 10.1. The molecule has 2 heterocycles. The van der Waals surface area contributed by atoms with Gasteiger partial charge in [0.25, 0.3) is 0 Å². The molecule has 0 bridgehead atoms. The second-order valence-corrected chi connectivity index (χ2v) is 7.61. The molecule has 0 spiro atoms. The van der Waals surface area contributed by atoms with Gasteiger partial charge in [-0.05, 0) is 19.4 Å². The van der Waals surface area contributed by atoms with E-state index in [-0.39, 0.29) is 17.1 Å². The fourth-order valence-electron chi connectivity index (χ4n) is 3.19. The highest BCUT2D eigenvalue weighted by atomic mass is 35.5. The summed E-state index contributed by atoms with van der Waals surface area (Å²) in [5, 5.41) is 2.98. The van der Waals surface area contributed by atoms with Crippen LogP contribution in [0.25, 0.3) is 0 Å². The third kappa shape index (κ3) is 6.43. The molecule has 1 atom stereocenters. The van der Waals surface area contributed by atoms with Crippen LogP contribution in [-0.2, 0) is 6.18 Å². The first-order valence-electron chi connectivity index (χ1n) is 9.75. The Hall–Kier alpha value is -1.70. The van der Waals surface area contributed by atoms with Gasteiger partial charge in [0.1, 0.15) is 5.82 Å². The maximum absolute atomic E-state index is 12.7. The number of hydrogen-bond donors (Lipinski definition) is 1. The number of carbonyl (C=O) groups excluding carboxylic acids is 1.